The van der Waals surface area contributed by atoms with Gasteiger partial charge in [0, 0.05) is 38.0 Å². The van der Waals surface area contributed by atoms with Crippen molar-refractivity contribution in [3.05, 3.63) is 95.6 Å². The number of methoxy groups -OCH3 is 1. The first kappa shape index (κ1) is 24.8. The van der Waals surface area contributed by atoms with Crippen molar-refractivity contribution >= 4 is 23.6 Å². The molecule has 0 bridgehead atoms. The molecule has 0 spiro atoms. The maximum absolute atomic E-state index is 13.0. The van der Waals surface area contributed by atoms with Gasteiger partial charge < -0.3 is 25.0 Å². The fraction of sp³-hybridized carbons (Fsp3) is 0.250. The van der Waals surface area contributed by atoms with Crippen LogP contribution in [0.25, 0.3) is 0 Å². The maximum Gasteiger partial charge on any atom is 0.339 e. The van der Waals surface area contributed by atoms with Crippen molar-refractivity contribution in [3.63, 3.8) is 0 Å². The van der Waals surface area contributed by atoms with Crippen LogP contribution in [-0.2, 0) is 11.3 Å². The highest BCUT2D eigenvalue weighted by atomic mass is 16.5. The minimum atomic E-state index is -0.600. The van der Waals surface area contributed by atoms with Crippen molar-refractivity contribution in [2.75, 3.05) is 25.5 Å². The number of amides is 3. The van der Waals surface area contributed by atoms with Crippen molar-refractivity contribution in [1.82, 2.24) is 10.2 Å². The van der Waals surface area contributed by atoms with Gasteiger partial charge in [0.15, 0.2) is 0 Å². The number of nitrogens with zero attached hydrogens (tertiary/aromatic N) is 1. The van der Waals surface area contributed by atoms with Gasteiger partial charge in [-0.25, -0.2) is 9.59 Å². The van der Waals surface area contributed by atoms with Crippen LogP contribution in [0.1, 0.15) is 39.1 Å². The molecule has 0 aliphatic carbocycles. The number of piperidine rings is 1. The summed E-state index contributed by atoms with van der Waals surface area (Å²) in [5.74, 6) is -0.105. The van der Waals surface area contributed by atoms with Crippen molar-refractivity contribution in [1.29, 1.82) is 0 Å². The molecule has 0 unspecified atom stereocenters. The number of anilines is 1. The molecule has 1 aliphatic rings. The minimum Gasteiger partial charge on any atom is -0.490 e. The van der Waals surface area contributed by atoms with Gasteiger partial charge >= 0.3 is 12.0 Å². The molecule has 36 heavy (non-hydrogen) atoms. The molecule has 8 heteroatoms. The third kappa shape index (κ3) is 6.41. The lowest BCUT2D eigenvalue weighted by Gasteiger charge is -2.32. The number of rotatable bonds is 7. The predicted molar refractivity (Wildman–Crippen MR) is 136 cm³/mol. The molecule has 0 atom stereocenters. The Morgan fingerprint density at radius 2 is 1.58 bits per heavy atom. The molecule has 3 aromatic carbocycles. The number of urea groups is 1. The van der Waals surface area contributed by atoms with E-state index in [1.54, 1.807) is 4.90 Å². The molecule has 8 nitrogen and oxygen atoms in total. The van der Waals surface area contributed by atoms with Crippen LogP contribution in [0.4, 0.5) is 10.5 Å². The fourth-order valence-electron chi connectivity index (χ4n) is 4.02. The Hall–Kier alpha value is -4.33. The third-order valence-electron chi connectivity index (χ3n) is 6.00. The summed E-state index contributed by atoms with van der Waals surface area (Å²) in [6.07, 6.45) is 1.40. The van der Waals surface area contributed by atoms with E-state index < -0.39 is 5.97 Å². The third-order valence-corrected chi connectivity index (χ3v) is 6.00. The van der Waals surface area contributed by atoms with E-state index in [4.69, 9.17) is 9.47 Å². The summed E-state index contributed by atoms with van der Waals surface area (Å²) in [4.78, 5) is 39.7. The van der Waals surface area contributed by atoms with E-state index >= 15 is 0 Å². The number of benzene rings is 3. The predicted octanol–water partition coefficient (Wildman–Crippen LogP) is 4.48. The van der Waals surface area contributed by atoms with Crippen molar-refractivity contribution < 1.29 is 23.9 Å². The molecule has 1 heterocycles. The lowest BCUT2D eigenvalue weighted by molar-refractivity contribution is 0.0601. The zero-order valence-electron chi connectivity index (χ0n) is 20.1. The van der Waals surface area contributed by atoms with Crippen molar-refractivity contribution in [2.45, 2.75) is 25.5 Å². The quantitative estimate of drug-likeness (QED) is 0.479. The first-order chi connectivity index (χ1) is 17.5. The molecule has 1 saturated heterocycles. The van der Waals surface area contributed by atoms with Gasteiger partial charge in [0.2, 0.25) is 0 Å². The van der Waals surface area contributed by atoms with Gasteiger partial charge in [-0.15, -0.1) is 0 Å². The van der Waals surface area contributed by atoms with Crippen LogP contribution in [0.5, 0.6) is 5.75 Å². The number of likely N-dealkylation sites (tertiary alicyclic amines) is 1. The Bertz CT molecular complexity index is 1190. The van der Waals surface area contributed by atoms with E-state index in [1.165, 1.54) is 25.3 Å². The summed E-state index contributed by atoms with van der Waals surface area (Å²) in [7, 11) is 1.27. The summed E-state index contributed by atoms with van der Waals surface area (Å²) in [5.41, 5.74) is 1.68. The number of ether oxygens (including phenoxy) is 2. The number of para-hydroxylation sites is 1. The van der Waals surface area contributed by atoms with E-state index in [1.807, 2.05) is 60.7 Å². The maximum atomic E-state index is 13.0. The Morgan fingerprint density at radius 3 is 2.25 bits per heavy atom. The van der Waals surface area contributed by atoms with Crippen LogP contribution in [0.15, 0.2) is 78.9 Å². The van der Waals surface area contributed by atoms with Crippen molar-refractivity contribution in [2.24, 2.45) is 0 Å². The van der Waals surface area contributed by atoms with E-state index in [-0.39, 0.29) is 29.3 Å². The normalized spacial score (nSPS) is 13.5. The van der Waals surface area contributed by atoms with Gasteiger partial charge in [0.05, 0.1) is 18.4 Å². The Balaban J connectivity index is 1.40. The second-order valence-corrected chi connectivity index (χ2v) is 8.47. The number of esters is 1. The number of carbonyl (C=O) groups is 3. The monoisotopic (exact) mass is 487 g/mol. The fourth-order valence-corrected chi connectivity index (χ4v) is 4.02. The van der Waals surface area contributed by atoms with Crippen LogP contribution in [0.3, 0.4) is 0 Å². The number of carbonyl (C=O) groups excluding carboxylic acids is 3. The molecule has 3 aromatic rings. The SMILES string of the molecule is COC(=O)c1ccc(C(=O)NCc2ccccc2)cc1NC(=O)N1CCC(Oc2ccccc2)CC1. The lowest BCUT2D eigenvalue weighted by atomic mass is 10.1. The van der Waals surface area contributed by atoms with Crippen LogP contribution in [0.2, 0.25) is 0 Å². The lowest BCUT2D eigenvalue weighted by Crippen LogP contribution is -2.44. The van der Waals surface area contributed by atoms with Gasteiger partial charge in [0.1, 0.15) is 11.9 Å². The molecule has 186 valence electrons. The second-order valence-electron chi connectivity index (χ2n) is 8.47. The first-order valence-corrected chi connectivity index (χ1v) is 11.9. The minimum absolute atomic E-state index is 0.0266. The van der Waals surface area contributed by atoms with Gasteiger partial charge in [-0.05, 0) is 35.9 Å². The van der Waals surface area contributed by atoms with E-state index in [0.717, 1.165) is 11.3 Å². The Labute approximate surface area is 210 Å². The molecular formula is C28H29N3O5. The average molecular weight is 488 g/mol. The Kier molecular flexibility index (Phi) is 8.18. The smallest absolute Gasteiger partial charge is 0.339 e. The molecule has 3 amide bonds. The topological polar surface area (TPSA) is 97.0 Å². The summed E-state index contributed by atoms with van der Waals surface area (Å²) in [5, 5.41) is 5.65. The standard InChI is InChI=1S/C28H29N3O5/c1-35-27(33)24-13-12-21(26(32)29-19-20-8-4-2-5-9-20)18-25(24)30-28(34)31-16-14-23(15-17-31)36-22-10-6-3-7-11-22/h2-13,18,23H,14-17,19H2,1H3,(H,29,32)(H,30,34). The van der Waals surface area contributed by atoms with Crippen LogP contribution < -0.4 is 15.4 Å². The molecule has 0 aromatic heterocycles. The second kappa shape index (κ2) is 11.9. The highest BCUT2D eigenvalue weighted by Crippen LogP contribution is 2.22. The molecule has 1 fully saturated rings. The van der Waals surface area contributed by atoms with Gasteiger partial charge in [0.25, 0.3) is 5.91 Å². The summed E-state index contributed by atoms with van der Waals surface area (Å²) >= 11 is 0. The molecule has 2 N–H and O–H groups in total. The summed E-state index contributed by atoms with van der Waals surface area (Å²) < 4.78 is 10.9. The van der Waals surface area contributed by atoms with Crippen LogP contribution >= 0.6 is 0 Å². The molecule has 4 rings (SSSR count). The zero-order chi connectivity index (χ0) is 25.3. The molecular weight excluding hydrogens is 458 g/mol. The van der Waals surface area contributed by atoms with Crippen LogP contribution in [0, 0.1) is 0 Å². The summed E-state index contributed by atoms with van der Waals surface area (Å²) in [6.45, 7) is 1.38. The van der Waals surface area contributed by atoms with E-state index in [0.29, 0.717) is 38.0 Å². The van der Waals surface area contributed by atoms with Crippen molar-refractivity contribution in [3.8, 4) is 5.75 Å². The largest absolute Gasteiger partial charge is 0.490 e. The summed E-state index contributed by atoms with van der Waals surface area (Å²) in [6, 6.07) is 23.3. The van der Waals surface area contributed by atoms with E-state index in [2.05, 4.69) is 10.6 Å². The molecule has 0 saturated carbocycles. The van der Waals surface area contributed by atoms with Gasteiger partial charge in [-0.1, -0.05) is 48.5 Å². The number of hydrogen-bond acceptors (Lipinski definition) is 5. The highest BCUT2D eigenvalue weighted by molar-refractivity contribution is 6.04. The average Bonchev–Trinajstić information content (AvgIpc) is 2.92. The molecule has 1 aliphatic heterocycles. The highest BCUT2D eigenvalue weighted by Gasteiger charge is 2.25. The number of hydrogen-bond donors (Lipinski definition) is 2. The van der Waals surface area contributed by atoms with E-state index in [9.17, 15) is 14.4 Å². The molecule has 0 radical (unpaired) electrons. The zero-order valence-corrected chi connectivity index (χ0v) is 20.1. The van der Waals surface area contributed by atoms with Gasteiger partial charge in [-0.2, -0.15) is 0 Å². The van der Waals surface area contributed by atoms with Crippen LogP contribution in [-0.4, -0.2) is 49.1 Å². The number of nitrogens with one attached hydrogen (secondary N) is 2. The Morgan fingerprint density at radius 1 is 0.917 bits per heavy atom. The first-order valence-electron chi connectivity index (χ1n) is 11.9. The van der Waals surface area contributed by atoms with Gasteiger partial charge in [-0.3, -0.25) is 4.79 Å².